The molecule has 0 aliphatic rings. The predicted molar refractivity (Wildman–Crippen MR) is 54.9 cm³/mol. The minimum Gasteiger partial charge on any atom is -0.391 e. The molecule has 2 nitrogen and oxygen atoms in total. The van der Waals surface area contributed by atoms with E-state index in [9.17, 15) is 4.39 Å². The number of halogens is 1. The van der Waals surface area contributed by atoms with E-state index in [2.05, 4.69) is 5.16 Å². The Morgan fingerprint density at radius 2 is 2.07 bits per heavy atom. The van der Waals surface area contributed by atoms with Crippen molar-refractivity contribution in [3.05, 3.63) is 35.9 Å². The fourth-order valence-corrected chi connectivity index (χ4v) is 0.956. The smallest absolute Gasteiger partial charge is 0.142 e. The molecule has 0 radical (unpaired) electrons. The van der Waals surface area contributed by atoms with Crippen molar-refractivity contribution in [1.82, 2.24) is 0 Å². The summed E-state index contributed by atoms with van der Waals surface area (Å²) in [6, 6.07) is 9.68. The summed E-state index contributed by atoms with van der Waals surface area (Å²) in [7, 11) is 0. The summed E-state index contributed by atoms with van der Waals surface area (Å²) in [5.41, 5.74) is 1.48. The van der Waals surface area contributed by atoms with Gasteiger partial charge in [-0.15, -0.1) is 0 Å². The number of alkyl halides is 1. The molecule has 1 rings (SSSR count). The van der Waals surface area contributed by atoms with Crippen LogP contribution >= 0.6 is 0 Å². The van der Waals surface area contributed by atoms with Crippen LogP contribution in [0.1, 0.15) is 18.9 Å². The van der Waals surface area contributed by atoms with E-state index in [1.54, 1.807) is 0 Å². The molecule has 0 saturated carbocycles. The molecule has 3 heteroatoms. The third-order valence-electron chi connectivity index (χ3n) is 1.83. The van der Waals surface area contributed by atoms with Gasteiger partial charge < -0.3 is 4.84 Å². The zero-order valence-electron chi connectivity index (χ0n) is 8.24. The molecule has 76 valence electrons. The van der Waals surface area contributed by atoms with Gasteiger partial charge in [0.15, 0.2) is 0 Å². The highest BCUT2D eigenvalue weighted by Crippen LogP contribution is 2.01. The Bertz CT molecular complexity index is 279. The Kier molecular flexibility index (Phi) is 4.69. The lowest BCUT2D eigenvalue weighted by atomic mass is 10.2. The van der Waals surface area contributed by atoms with Gasteiger partial charge in [-0.1, -0.05) is 42.4 Å². The van der Waals surface area contributed by atoms with Crippen LogP contribution in [0.25, 0.3) is 0 Å². The van der Waals surface area contributed by atoms with Crippen molar-refractivity contribution in [3.63, 3.8) is 0 Å². The minimum atomic E-state index is -0.536. The van der Waals surface area contributed by atoms with E-state index >= 15 is 0 Å². The van der Waals surface area contributed by atoms with Crippen LogP contribution < -0.4 is 0 Å². The van der Waals surface area contributed by atoms with Gasteiger partial charge >= 0.3 is 0 Å². The van der Waals surface area contributed by atoms with E-state index in [4.69, 9.17) is 4.84 Å². The Balaban J connectivity index is 2.38. The minimum absolute atomic E-state index is 0.393. The lowest BCUT2D eigenvalue weighted by Gasteiger charge is -2.01. The average molecular weight is 195 g/mol. The zero-order chi connectivity index (χ0) is 10.2. The maximum absolute atomic E-state index is 12.2. The van der Waals surface area contributed by atoms with E-state index in [1.165, 1.54) is 0 Å². The van der Waals surface area contributed by atoms with Gasteiger partial charge in [-0.25, -0.2) is 4.39 Å². The lowest BCUT2D eigenvalue weighted by molar-refractivity contribution is 0.129. The highest BCUT2D eigenvalue weighted by Gasteiger charge is 1.95. The van der Waals surface area contributed by atoms with Crippen molar-refractivity contribution in [1.29, 1.82) is 0 Å². The van der Waals surface area contributed by atoms with Gasteiger partial charge in [0.2, 0.25) is 0 Å². The van der Waals surface area contributed by atoms with Crippen molar-refractivity contribution in [2.45, 2.75) is 20.0 Å². The molecule has 0 heterocycles. The summed E-state index contributed by atoms with van der Waals surface area (Å²) >= 11 is 0. The van der Waals surface area contributed by atoms with Crippen LogP contribution in [-0.4, -0.2) is 12.4 Å². The largest absolute Gasteiger partial charge is 0.391 e. The molecule has 0 N–H and O–H groups in total. The number of oxime groups is 1. The van der Waals surface area contributed by atoms with E-state index in [0.29, 0.717) is 18.7 Å². The highest BCUT2D eigenvalue weighted by atomic mass is 19.1. The highest BCUT2D eigenvalue weighted by molar-refractivity contribution is 5.84. The van der Waals surface area contributed by atoms with Crippen LogP contribution in [0.5, 0.6) is 0 Å². The standard InChI is InChI=1S/C11H14FNO/c1-2-11(8-12)13-14-9-10-6-4-3-5-7-10/h3-7H,2,8-9H2,1H3/b13-11+. The quantitative estimate of drug-likeness (QED) is 0.523. The van der Waals surface area contributed by atoms with Crippen LogP contribution in [0.4, 0.5) is 4.39 Å². The molecule has 0 saturated heterocycles. The molecule has 0 bridgehead atoms. The van der Waals surface area contributed by atoms with E-state index in [-0.39, 0.29) is 0 Å². The predicted octanol–water partition coefficient (Wildman–Crippen LogP) is 2.94. The lowest BCUT2D eigenvalue weighted by Crippen LogP contribution is -1.99. The van der Waals surface area contributed by atoms with Crippen molar-refractivity contribution in [3.8, 4) is 0 Å². The summed E-state index contributed by atoms with van der Waals surface area (Å²) in [6.07, 6.45) is 0.589. The Labute approximate surface area is 83.4 Å². The van der Waals surface area contributed by atoms with Crippen molar-refractivity contribution < 1.29 is 9.23 Å². The first-order valence-corrected chi connectivity index (χ1v) is 4.64. The number of hydrogen-bond acceptors (Lipinski definition) is 2. The van der Waals surface area contributed by atoms with Gasteiger partial charge in [-0.3, -0.25) is 0 Å². The molecule has 14 heavy (non-hydrogen) atoms. The summed E-state index contributed by atoms with van der Waals surface area (Å²) in [6.45, 7) is 1.71. The zero-order valence-corrected chi connectivity index (χ0v) is 8.24. The van der Waals surface area contributed by atoms with Gasteiger partial charge in [0.1, 0.15) is 13.3 Å². The first-order chi connectivity index (χ1) is 6.86. The third kappa shape index (κ3) is 3.56. The van der Waals surface area contributed by atoms with Gasteiger partial charge in [-0.05, 0) is 12.0 Å². The number of hydrogen-bond donors (Lipinski definition) is 0. The summed E-state index contributed by atoms with van der Waals surface area (Å²) in [5, 5.41) is 3.70. The maximum Gasteiger partial charge on any atom is 0.142 e. The van der Waals surface area contributed by atoms with Crippen LogP contribution in [0.15, 0.2) is 35.5 Å². The average Bonchev–Trinajstić information content (AvgIpc) is 2.26. The van der Waals surface area contributed by atoms with E-state index in [0.717, 1.165) is 5.56 Å². The molecule has 0 fully saturated rings. The van der Waals surface area contributed by atoms with Gasteiger partial charge in [0.05, 0.1) is 5.71 Å². The van der Waals surface area contributed by atoms with E-state index < -0.39 is 6.67 Å². The molecular formula is C11H14FNO. The molecule has 0 aromatic heterocycles. The molecule has 1 aromatic carbocycles. The molecule has 0 atom stereocenters. The summed E-state index contributed by atoms with van der Waals surface area (Å²) in [5.74, 6) is 0. The van der Waals surface area contributed by atoms with E-state index in [1.807, 2.05) is 37.3 Å². The first-order valence-electron chi connectivity index (χ1n) is 4.64. The van der Waals surface area contributed by atoms with Crippen molar-refractivity contribution >= 4 is 5.71 Å². The van der Waals surface area contributed by atoms with Crippen molar-refractivity contribution in [2.24, 2.45) is 5.16 Å². The maximum atomic E-state index is 12.2. The number of nitrogens with zero attached hydrogens (tertiary/aromatic N) is 1. The molecule has 0 spiro atoms. The number of benzene rings is 1. The molecule has 1 aromatic rings. The van der Waals surface area contributed by atoms with Gasteiger partial charge in [0, 0.05) is 0 Å². The monoisotopic (exact) mass is 195 g/mol. The Morgan fingerprint density at radius 1 is 1.36 bits per heavy atom. The molecule has 0 aliphatic heterocycles. The van der Waals surface area contributed by atoms with Gasteiger partial charge in [0.25, 0.3) is 0 Å². The third-order valence-corrected chi connectivity index (χ3v) is 1.83. The van der Waals surface area contributed by atoms with Crippen LogP contribution in [0.3, 0.4) is 0 Å². The fraction of sp³-hybridized carbons (Fsp3) is 0.364. The molecule has 0 unspecified atom stereocenters. The van der Waals surface area contributed by atoms with Crippen LogP contribution in [0.2, 0.25) is 0 Å². The molecular weight excluding hydrogens is 181 g/mol. The summed E-state index contributed by atoms with van der Waals surface area (Å²) < 4.78 is 12.2. The van der Waals surface area contributed by atoms with Crippen LogP contribution in [-0.2, 0) is 11.4 Å². The topological polar surface area (TPSA) is 21.6 Å². The normalized spacial score (nSPS) is 11.4. The van der Waals surface area contributed by atoms with Gasteiger partial charge in [-0.2, -0.15) is 0 Å². The van der Waals surface area contributed by atoms with Crippen LogP contribution in [0, 0.1) is 0 Å². The second-order valence-corrected chi connectivity index (χ2v) is 2.90. The Hall–Kier alpha value is -1.38. The summed E-state index contributed by atoms with van der Waals surface area (Å²) in [4.78, 5) is 5.01. The fourth-order valence-electron chi connectivity index (χ4n) is 0.956. The van der Waals surface area contributed by atoms with Crippen molar-refractivity contribution in [2.75, 3.05) is 6.67 Å². The molecule has 0 aliphatic carbocycles. The number of rotatable bonds is 5. The second-order valence-electron chi connectivity index (χ2n) is 2.90. The SMILES string of the molecule is CC/C(CF)=N\OCc1ccccc1. The molecule has 0 amide bonds. The first kappa shape index (κ1) is 10.7. The second kappa shape index (κ2) is 6.13. The Morgan fingerprint density at radius 3 is 2.64 bits per heavy atom.